The van der Waals surface area contributed by atoms with Crippen molar-refractivity contribution in [2.45, 2.75) is 25.2 Å². The van der Waals surface area contributed by atoms with E-state index in [0.717, 1.165) is 0 Å². The molecule has 1 aliphatic heterocycles. The first-order valence-electron chi connectivity index (χ1n) is 7.77. The van der Waals surface area contributed by atoms with E-state index in [0.29, 0.717) is 37.4 Å². The van der Waals surface area contributed by atoms with Crippen molar-refractivity contribution in [1.82, 2.24) is 19.3 Å². The van der Waals surface area contributed by atoms with Gasteiger partial charge in [-0.1, -0.05) is 5.16 Å². The molecule has 8 nitrogen and oxygen atoms in total. The smallest absolute Gasteiger partial charge is 0.270 e. The third-order valence-corrected chi connectivity index (χ3v) is 6.28. The van der Waals surface area contributed by atoms with Gasteiger partial charge in [0.05, 0.1) is 0 Å². The van der Waals surface area contributed by atoms with Gasteiger partial charge in [-0.3, -0.25) is 4.79 Å². The number of H-pyrrole nitrogens is 1. The van der Waals surface area contributed by atoms with E-state index in [1.807, 2.05) is 0 Å². The maximum Gasteiger partial charge on any atom is 0.270 e. The summed E-state index contributed by atoms with van der Waals surface area (Å²) < 4.78 is 32.1. The van der Waals surface area contributed by atoms with Crippen molar-refractivity contribution in [1.29, 1.82) is 0 Å². The Kier molecular flexibility index (Phi) is 4.46. The van der Waals surface area contributed by atoms with Crippen LogP contribution in [-0.2, 0) is 10.0 Å². The number of carbonyl (C=O) groups is 1. The standard InChI is InChI=1S/C15H20N4O4S/c1-11-14(12(2)23-17-11)24(21,22)19-8-4-7-18(9-10-19)15(20)13-5-3-6-16-13/h3,5-6,16H,4,7-10H2,1-2H3. The number of aromatic nitrogens is 2. The second kappa shape index (κ2) is 6.40. The van der Waals surface area contributed by atoms with Crippen molar-refractivity contribution < 1.29 is 17.7 Å². The van der Waals surface area contributed by atoms with Gasteiger partial charge in [-0.05, 0) is 32.4 Å². The summed E-state index contributed by atoms with van der Waals surface area (Å²) in [7, 11) is -3.68. The minimum atomic E-state index is -3.68. The molecule has 0 saturated carbocycles. The van der Waals surface area contributed by atoms with E-state index >= 15 is 0 Å². The molecule has 0 spiro atoms. The molecule has 1 amide bonds. The summed E-state index contributed by atoms with van der Waals surface area (Å²) in [4.78, 5) is 17.1. The largest absolute Gasteiger partial charge is 0.360 e. The lowest BCUT2D eigenvalue weighted by Crippen LogP contribution is -2.37. The first kappa shape index (κ1) is 16.7. The molecule has 130 valence electrons. The first-order chi connectivity index (χ1) is 11.4. The van der Waals surface area contributed by atoms with Crippen LogP contribution in [0.1, 0.15) is 28.4 Å². The molecule has 1 saturated heterocycles. The molecule has 24 heavy (non-hydrogen) atoms. The Hall–Kier alpha value is -2.13. The fourth-order valence-electron chi connectivity index (χ4n) is 2.94. The summed E-state index contributed by atoms with van der Waals surface area (Å²) in [6.45, 7) is 4.68. The number of hydrogen-bond acceptors (Lipinski definition) is 5. The molecule has 0 aromatic carbocycles. The molecule has 9 heteroatoms. The summed E-state index contributed by atoms with van der Waals surface area (Å²) >= 11 is 0. The highest BCUT2D eigenvalue weighted by atomic mass is 32.2. The van der Waals surface area contributed by atoms with Crippen LogP contribution in [0.15, 0.2) is 27.7 Å². The number of aromatic amines is 1. The van der Waals surface area contributed by atoms with Gasteiger partial charge in [-0.25, -0.2) is 8.42 Å². The Labute approximate surface area is 140 Å². The summed E-state index contributed by atoms with van der Waals surface area (Å²) in [6.07, 6.45) is 2.27. The van der Waals surface area contributed by atoms with E-state index in [2.05, 4.69) is 10.1 Å². The minimum Gasteiger partial charge on any atom is -0.360 e. The summed E-state index contributed by atoms with van der Waals surface area (Å²) in [5.41, 5.74) is 0.869. The topological polar surface area (TPSA) is 99.5 Å². The molecule has 3 rings (SSSR count). The summed E-state index contributed by atoms with van der Waals surface area (Å²) in [5.74, 6) is 0.174. The number of sulfonamides is 1. The summed E-state index contributed by atoms with van der Waals surface area (Å²) in [5, 5.41) is 3.73. The highest BCUT2D eigenvalue weighted by Crippen LogP contribution is 2.24. The molecular formula is C15H20N4O4S. The molecule has 1 fully saturated rings. The Morgan fingerprint density at radius 1 is 1.25 bits per heavy atom. The van der Waals surface area contributed by atoms with Gasteiger partial charge in [0.2, 0.25) is 10.0 Å². The number of rotatable bonds is 3. The van der Waals surface area contributed by atoms with Gasteiger partial charge in [0.1, 0.15) is 16.3 Å². The van der Waals surface area contributed by atoms with Crippen LogP contribution in [0.5, 0.6) is 0 Å². The third-order valence-electron chi connectivity index (χ3n) is 4.14. The second-order valence-corrected chi connectivity index (χ2v) is 7.66. The van der Waals surface area contributed by atoms with Gasteiger partial charge in [-0.15, -0.1) is 0 Å². The molecule has 0 radical (unpaired) electrons. The van der Waals surface area contributed by atoms with Crippen LogP contribution in [0, 0.1) is 13.8 Å². The number of nitrogens with one attached hydrogen (secondary N) is 1. The maximum atomic E-state index is 12.9. The van der Waals surface area contributed by atoms with Crippen molar-refractivity contribution in [3.63, 3.8) is 0 Å². The van der Waals surface area contributed by atoms with Crippen LogP contribution < -0.4 is 0 Å². The molecule has 1 aliphatic rings. The van der Waals surface area contributed by atoms with Crippen LogP contribution in [0.2, 0.25) is 0 Å². The SMILES string of the molecule is Cc1noc(C)c1S(=O)(=O)N1CCCN(C(=O)c2ccc[nH]2)CC1. The maximum absolute atomic E-state index is 12.9. The van der Waals surface area contributed by atoms with Crippen LogP contribution >= 0.6 is 0 Å². The molecular weight excluding hydrogens is 332 g/mol. The average molecular weight is 352 g/mol. The Bertz CT molecular complexity index is 806. The normalized spacial score (nSPS) is 17.0. The van der Waals surface area contributed by atoms with Crippen molar-refractivity contribution in [3.05, 3.63) is 35.5 Å². The highest BCUT2D eigenvalue weighted by Gasteiger charge is 2.33. The van der Waals surface area contributed by atoms with Gasteiger partial charge < -0.3 is 14.4 Å². The molecule has 3 heterocycles. The van der Waals surface area contributed by atoms with Gasteiger partial charge in [0.15, 0.2) is 5.76 Å². The van der Waals surface area contributed by atoms with Crippen molar-refractivity contribution >= 4 is 15.9 Å². The van der Waals surface area contributed by atoms with E-state index in [-0.39, 0.29) is 23.1 Å². The summed E-state index contributed by atoms with van der Waals surface area (Å²) in [6, 6.07) is 3.48. The molecule has 1 N–H and O–H groups in total. The molecule has 2 aromatic heterocycles. The molecule has 2 aromatic rings. The zero-order chi connectivity index (χ0) is 17.3. The zero-order valence-corrected chi connectivity index (χ0v) is 14.5. The van der Waals surface area contributed by atoms with E-state index < -0.39 is 10.0 Å². The van der Waals surface area contributed by atoms with Crippen molar-refractivity contribution in [3.8, 4) is 0 Å². The van der Waals surface area contributed by atoms with E-state index in [1.54, 1.807) is 37.1 Å². The number of carbonyl (C=O) groups excluding carboxylic acids is 1. The number of hydrogen-bond donors (Lipinski definition) is 1. The van der Waals surface area contributed by atoms with Gasteiger partial charge >= 0.3 is 0 Å². The lowest BCUT2D eigenvalue weighted by molar-refractivity contribution is 0.0759. The quantitative estimate of drug-likeness (QED) is 0.893. The molecule has 0 unspecified atom stereocenters. The highest BCUT2D eigenvalue weighted by molar-refractivity contribution is 7.89. The Morgan fingerprint density at radius 3 is 2.67 bits per heavy atom. The number of amides is 1. The van der Waals surface area contributed by atoms with Crippen molar-refractivity contribution in [2.24, 2.45) is 0 Å². The monoisotopic (exact) mass is 352 g/mol. The Morgan fingerprint density at radius 2 is 2.04 bits per heavy atom. The molecule has 0 atom stereocenters. The zero-order valence-electron chi connectivity index (χ0n) is 13.7. The molecule has 0 bridgehead atoms. The van der Waals surface area contributed by atoms with Crippen LogP contribution in [0.25, 0.3) is 0 Å². The first-order valence-corrected chi connectivity index (χ1v) is 9.21. The lowest BCUT2D eigenvalue weighted by Gasteiger charge is -2.21. The molecule has 0 aliphatic carbocycles. The van der Waals surface area contributed by atoms with Crippen LogP contribution in [-0.4, -0.2) is 59.8 Å². The number of nitrogens with zero attached hydrogens (tertiary/aromatic N) is 3. The van der Waals surface area contributed by atoms with E-state index in [4.69, 9.17) is 4.52 Å². The van der Waals surface area contributed by atoms with E-state index in [1.165, 1.54) is 4.31 Å². The van der Waals surface area contributed by atoms with Crippen LogP contribution in [0.4, 0.5) is 0 Å². The van der Waals surface area contributed by atoms with Crippen LogP contribution in [0.3, 0.4) is 0 Å². The van der Waals surface area contributed by atoms with Gasteiger partial charge in [0.25, 0.3) is 5.91 Å². The lowest BCUT2D eigenvalue weighted by atomic mass is 10.3. The van der Waals surface area contributed by atoms with Gasteiger partial charge in [-0.2, -0.15) is 4.31 Å². The average Bonchev–Trinajstić information content (AvgIpc) is 3.10. The third kappa shape index (κ3) is 2.96. The number of aryl methyl sites for hydroxylation is 2. The van der Waals surface area contributed by atoms with Gasteiger partial charge in [0, 0.05) is 32.4 Å². The predicted octanol–water partition coefficient (Wildman–Crippen LogP) is 1.16. The minimum absolute atomic E-state index is 0.114. The van der Waals surface area contributed by atoms with E-state index in [9.17, 15) is 13.2 Å². The Balaban J connectivity index is 1.77. The second-order valence-electron chi connectivity index (χ2n) is 5.79. The predicted molar refractivity (Wildman–Crippen MR) is 86.0 cm³/mol. The van der Waals surface area contributed by atoms with Crippen molar-refractivity contribution in [2.75, 3.05) is 26.2 Å². The fraction of sp³-hybridized carbons (Fsp3) is 0.467. The fourth-order valence-corrected chi connectivity index (χ4v) is 4.70.